The third kappa shape index (κ3) is 6.28. The van der Waals surface area contributed by atoms with Gasteiger partial charge in [-0.3, -0.25) is 9.89 Å². The number of aromatic nitrogens is 2. The predicted octanol–water partition coefficient (Wildman–Crippen LogP) is 2.75. The molecule has 30 heavy (non-hydrogen) atoms. The normalized spacial score (nSPS) is 23.1. The number of H-pyrrole nitrogens is 1. The average Bonchev–Trinajstić information content (AvgIpc) is 3.22. The Morgan fingerprint density at radius 1 is 1.23 bits per heavy atom. The molecule has 3 rings (SSSR count). The zero-order valence-electron chi connectivity index (χ0n) is 19.2. The van der Waals surface area contributed by atoms with Crippen LogP contribution in [0, 0.1) is 5.92 Å². The first-order chi connectivity index (χ1) is 14.6. The Balaban J connectivity index is 1.51. The summed E-state index contributed by atoms with van der Waals surface area (Å²) in [6, 6.07) is 0.392. The predicted molar refractivity (Wildman–Crippen MR) is 119 cm³/mol. The lowest BCUT2D eigenvalue weighted by Crippen LogP contribution is -2.43. The van der Waals surface area contributed by atoms with Crippen molar-refractivity contribution in [2.75, 3.05) is 46.9 Å². The van der Waals surface area contributed by atoms with E-state index < -0.39 is 0 Å². The first kappa shape index (κ1) is 23.2. The van der Waals surface area contributed by atoms with Crippen LogP contribution in [0.15, 0.2) is 6.20 Å². The van der Waals surface area contributed by atoms with Crippen molar-refractivity contribution in [3.8, 4) is 0 Å². The number of nitrogens with one attached hydrogen (secondary N) is 2. The monoisotopic (exact) mass is 419 g/mol. The number of carbonyl (C=O) groups is 1. The second-order valence-electron chi connectivity index (χ2n) is 9.10. The Morgan fingerprint density at radius 2 is 1.97 bits per heavy atom. The van der Waals surface area contributed by atoms with Crippen LogP contribution in [0.1, 0.15) is 69.0 Å². The first-order valence-electron chi connectivity index (χ1n) is 11.8. The summed E-state index contributed by atoms with van der Waals surface area (Å²) in [6.07, 6.45) is 9.18. The third-order valence-corrected chi connectivity index (χ3v) is 6.95. The summed E-state index contributed by atoms with van der Waals surface area (Å²) in [7, 11) is 4.15. The van der Waals surface area contributed by atoms with Crippen LogP contribution in [0.3, 0.4) is 0 Å². The molecule has 7 nitrogen and oxygen atoms in total. The van der Waals surface area contributed by atoms with Crippen molar-refractivity contribution in [3.05, 3.63) is 17.5 Å². The Bertz CT molecular complexity index is 635. The molecule has 1 aliphatic carbocycles. The van der Waals surface area contributed by atoms with Gasteiger partial charge >= 0.3 is 0 Å². The molecule has 2 aliphatic rings. The molecule has 2 N–H and O–H groups in total. The largest absolute Gasteiger partial charge is 0.381 e. The van der Waals surface area contributed by atoms with Gasteiger partial charge in [-0.25, -0.2) is 0 Å². The van der Waals surface area contributed by atoms with E-state index in [1.165, 1.54) is 11.3 Å². The van der Waals surface area contributed by atoms with Crippen molar-refractivity contribution in [2.45, 2.75) is 70.4 Å². The van der Waals surface area contributed by atoms with Crippen LogP contribution in [-0.2, 0) is 16.1 Å². The van der Waals surface area contributed by atoms with Gasteiger partial charge in [-0.2, -0.15) is 5.10 Å². The summed E-state index contributed by atoms with van der Waals surface area (Å²) in [5, 5.41) is 10.8. The molecule has 0 spiro atoms. The Labute approximate surface area is 181 Å². The summed E-state index contributed by atoms with van der Waals surface area (Å²) >= 11 is 0. The van der Waals surface area contributed by atoms with Gasteiger partial charge in [0, 0.05) is 69.0 Å². The molecule has 0 bridgehead atoms. The van der Waals surface area contributed by atoms with E-state index in [2.05, 4.69) is 39.3 Å². The number of nitrogens with zero attached hydrogens (tertiary/aromatic N) is 3. The van der Waals surface area contributed by atoms with Gasteiger partial charge in [-0.1, -0.05) is 0 Å². The van der Waals surface area contributed by atoms with Gasteiger partial charge in [-0.05, 0) is 65.5 Å². The van der Waals surface area contributed by atoms with E-state index in [9.17, 15) is 4.79 Å². The van der Waals surface area contributed by atoms with Crippen molar-refractivity contribution >= 4 is 5.91 Å². The fourth-order valence-corrected chi connectivity index (χ4v) is 5.10. The number of hydrogen-bond donors (Lipinski definition) is 2. The maximum atomic E-state index is 13.0. The van der Waals surface area contributed by atoms with Crippen LogP contribution in [0.2, 0.25) is 0 Å². The summed E-state index contributed by atoms with van der Waals surface area (Å²) in [5.41, 5.74) is 2.63. The SMILES string of the molecule is CCN(C(=O)CC1CCOCC1)C1CCC(c2[nH]ncc2CN(C)CCNC)CC1. The Morgan fingerprint density at radius 3 is 2.63 bits per heavy atom. The summed E-state index contributed by atoms with van der Waals surface area (Å²) in [5.74, 6) is 1.38. The minimum atomic E-state index is 0.348. The maximum absolute atomic E-state index is 13.0. The molecule has 0 atom stereocenters. The van der Waals surface area contributed by atoms with E-state index in [1.807, 2.05) is 13.2 Å². The molecule has 1 aliphatic heterocycles. The highest BCUT2D eigenvalue weighted by atomic mass is 16.5. The smallest absolute Gasteiger partial charge is 0.223 e. The molecule has 1 amide bonds. The van der Waals surface area contributed by atoms with Crippen molar-refractivity contribution in [2.24, 2.45) is 5.92 Å². The molecular weight excluding hydrogens is 378 g/mol. The molecule has 0 unspecified atom stereocenters. The number of carbonyl (C=O) groups excluding carboxylic acids is 1. The van der Waals surface area contributed by atoms with Crippen LogP contribution in [0.25, 0.3) is 0 Å². The van der Waals surface area contributed by atoms with Gasteiger partial charge in [0.05, 0.1) is 6.20 Å². The topological polar surface area (TPSA) is 73.5 Å². The van der Waals surface area contributed by atoms with Crippen LogP contribution >= 0.6 is 0 Å². The zero-order chi connectivity index (χ0) is 21.3. The van der Waals surface area contributed by atoms with E-state index in [0.29, 0.717) is 30.2 Å². The Hall–Kier alpha value is -1.44. The van der Waals surface area contributed by atoms with E-state index in [-0.39, 0.29) is 0 Å². The van der Waals surface area contributed by atoms with E-state index in [0.717, 1.165) is 77.9 Å². The van der Waals surface area contributed by atoms with Crippen LogP contribution in [0.5, 0.6) is 0 Å². The van der Waals surface area contributed by atoms with Crippen molar-refractivity contribution in [3.63, 3.8) is 0 Å². The van der Waals surface area contributed by atoms with Crippen LogP contribution < -0.4 is 5.32 Å². The number of aromatic amines is 1. The van der Waals surface area contributed by atoms with E-state index >= 15 is 0 Å². The lowest BCUT2D eigenvalue weighted by Gasteiger charge is -2.37. The minimum absolute atomic E-state index is 0.348. The molecule has 0 aromatic carbocycles. The van der Waals surface area contributed by atoms with Crippen molar-refractivity contribution in [1.29, 1.82) is 0 Å². The molecule has 1 aromatic rings. The number of ether oxygens (including phenoxy) is 1. The van der Waals surface area contributed by atoms with Crippen LogP contribution in [0.4, 0.5) is 0 Å². The first-order valence-corrected chi connectivity index (χ1v) is 11.8. The summed E-state index contributed by atoms with van der Waals surface area (Å²) < 4.78 is 5.45. The minimum Gasteiger partial charge on any atom is -0.381 e. The van der Waals surface area contributed by atoms with E-state index in [4.69, 9.17) is 4.74 Å². The number of rotatable bonds is 10. The molecule has 1 saturated carbocycles. The molecule has 2 heterocycles. The fourth-order valence-electron chi connectivity index (χ4n) is 5.10. The molecule has 0 radical (unpaired) electrons. The third-order valence-electron chi connectivity index (χ3n) is 6.95. The number of hydrogen-bond acceptors (Lipinski definition) is 5. The van der Waals surface area contributed by atoms with Gasteiger partial charge < -0.3 is 19.9 Å². The van der Waals surface area contributed by atoms with Crippen molar-refractivity contribution in [1.82, 2.24) is 25.3 Å². The lowest BCUT2D eigenvalue weighted by molar-refractivity contribution is -0.135. The second kappa shape index (κ2) is 11.8. The molecule has 1 aromatic heterocycles. The lowest BCUT2D eigenvalue weighted by atomic mass is 9.82. The summed E-state index contributed by atoms with van der Waals surface area (Å²) in [4.78, 5) is 17.5. The van der Waals surface area contributed by atoms with Gasteiger partial charge in [0.15, 0.2) is 0 Å². The zero-order valence-corrected chi connectivity index (χ0v) is 19.2. The molecular formula is C23H41N5O2. The van der Waals surface area contributed by atoms with Crippen LogP contribution in [-0.4, -0.2) is 78.9 Å². The van der Waals surface area contributed by atoms with Crippen molar-refractivity contribution < 1.29 is 9.53 Å². The fraction of sp³-hybridized carbons (Fsp3) is 0.826. The van der Waals surface area contributed by atoms with E-state index in [1.54, 1.807) is 0 Å². The maximum Gasteiger partial charge on any atom is 0.223 e. The van der Waals surface area contributed by atoms with Gasteiger partial charge in [0.25, 0.3) is 0 Å². The number of likely N-dealkylation sites (N-methyl/N-ethyl adjacent to an activating group) is 2. The highest BCUT2D eigenvalue weighted by Gasteiger charge is 2.31. The van der Waals surface area contributed by atoms with Gasteiger partial charge in [-0.15, -0.1) is 0 Å². The molecule has 7 heteroatoms. The van der Waals surface area contributed by atoms with Gasteiger partial charge in [0.2, 0.25) is 5.91 Å². The highest BCUT2D eigenvalue weighted by Crippen LogP contribution is 2.36. The summed E-state index contributed by atoms with van der Waals surface area (Å²) in [6.45, 7) is 7.51. The Kier molecular flexibility index (Phi) is 9.15. The van der Waals surface area contributed by atoms with Gasteiger partial charge in [0.1, 0.15) is 0 Å². The standard InChI is InChI=1S/C23H41N5O2/c1-4-28(22(29)15-18-9-13-30-14-10-18)21-7-5-19(6-8-21)23-20(16-25-26-23)17-27(3)12-11-24-2/h16,18-19,21,24H,4-15,17H2,1-3H3,(H,25,26). The molecule has 170 valence electrons. The highest BCUT2D eigenvalue weighted by molar-refractivity contribution is 5.76. The number of amides is 1. The quantitative estimate of drug-likeness (QED) is 0.610. The average molecular weight is 420 g/mol. The molecule has 1 saturated heterocycles. The molecule has 2 fully saturated rings. The second-order valence-corrected chi connectivity index (χ2v) is 9.10.